The smallest absolute Gasteiger partial charge is 0.300 e. The van der Waals surface area contributed by atoms with Crippen LogP contribution in [0.2, 0.25) is 0 Å². The van der Waals surface area contributed by atoms with Crippen LogP contribution in [0, 0.1) is 0 Å². The fourth-order valence-electron chi connectivity index (χ4n) is 4.30. The van der Waals surface area contributed by atoms with Gasteiger partial charge in [-0.2, -0.15) is 0 Å². The van der Waals surface area contributed by atoms with Crippen LogP contribution in [0.1, 0.15) is 17.2 Å². The maximum atomic E-state index is 13.3. The van der Waals surface area contributed by atoms with Crippen LogP contribution >= 0.6 is 0 Å². The third kappa shape index (κ3) is 3.65. The molecule has 0 radical (unpaired) electrons. The Morgan fingerprint density at radius 3 is 2.26 bits per heavy atom. The Morgan fingerprint density at radius 2 is 1.59 bits per heavy atom. The maximum Gasteiger partial charge on any atom is 0.300 e. The number of ether oxygens (including phenoxy) is 2. The molecule has 1 amide bonds. The summed E-state index contributed by atoms with van der Waals surface area (Å²) in [4.78, 5) is 29.9. The number of nitrogens with zero attached hydrogens (tertiary/aromatic N) is 2. The number of para-hydroxylation sites is 1. The number of amides is 1. The summed E-state index contributed by atoms with van der Waals surface area (Å²) < 4.78 is 11.2. The van der Waals surface area contributed by atoms with Crippen molar-refractivity contribution in [1.82, 2.24) is 0 Å². The molecule has 34 heavy (non-hydrogen) atoms. The molecule has 0 spiro atoms. The fourth-order valence-corrected chi connectivity index (χ4v) is 4.30. The minimum absolute atomic E-state index is 0.0307. The second kappa shape index (κ2) is 8.59. The number of ketones is 1. The number of rotatable bonds is 4. The highest BCUT2D eigenvalue weighted by atomic mass is 16.6. The molecule has 2 aliphatic rings. The van der Waals surface area contributed by atoms with Crippen molar-refractivity contribution in [3.8, 4) is 11.5 Å². The highest BCUT2D eigenvalue weighted by Gasteiger charge is 2.47. The van der Waals surface area contributed by atoms with Gasteiger partial charge in [-0.05, 0) is 48.0 Å². The standard InChI is InChI=1S/C27H24N2O5/c1-28(2)19-11-8-17(9-12-19)24-23(26(31)27(32)29(24)20-6-4-3-5-7-20)25(30)18-10-13-21-22(16-18)34-15-14-33-21/h3-13,16,24,30H,14-15H2,1-2H3/b25-23-. The van der Waals surface area contributed by atoms with Gasteiger partial charge in [0.1, 0.15) is 19.0 Å². The molecule has 1 atom stereocenters. The van der Waals surface area contributed by atoms with Crippen molar-refractivity contribution in [3.63, 3.8) is 0 Å². The van der Waals surface area contributed by atoms with Gasteiger partial charge in [0.05, 0.1) is 11.6 Å². The van der Waals surface area contributed by atoms with Gasteiger partial charge in [-0.15, -0.1) is 0 Å². The molecule has 1 unspecified atom stereocenters. The van der Waals surface area contributed by atoms with Crippen molar-refractivity contribution in [1.29, 1.82) is 0 Å². The lowest BCUT2D eigenvalue weighted by Gasteiger charge is -2.26. The molecule has 0 aliphatic carbocycles. The lowest BCUT2D eigenvalue weighted by Crippen LogP contribution is -2.29. The number of carbonyl (C=O) groups is 2. The van der Waals surface area contributed by atoms with E-state index in [1.807, 2.05) is 61.5 Å². The van der Waals surface area contributed by atoms with E-state index in [-0.39, 0.29) is 11.3 Å². The van der Waals surface area contributed by atoms with Crippen molar-refractivity contribution in [2.45, 2.75) is 6.04 Å². The van der Waals surface area contributed by atoms with Gasteiger partial charge in [0.2, 0.25) is 0 Å². The summed E-state index contributed by atoms with van der Waals surface area (Å²) in [6.45, 7) is 0.845. The number of carbonyl (C=O) groups excluding carboxylic acids is 2. The van der Waals surface area contributed by atoms with E-state index in [9.17, 15) is 14.7 Å². The monoisotopic (exact) mass is 456 g/mol. The molecule has 0 saturated carbocycles. The molecule has 1 N–H and O–H groups in total. The number of benzene rings is 3. The molecule has 172 valence electrons. The van der Waals surface area contributed by atoms with Crippen LogP contribution in [-0.2, 0) is 9.59 Å². The third-order valence-electron chi connectivity index (χ3n) is 6.02. The Bertz CT molecular complexity index is 1280. The fraction of sp³-hybridized carbons (Fsp3) is 0.185. The van der Waals surface area contributed by atoms with Gasteiger partial charge in [0.15, 0.2) is 11.5 Å². The Hall–Kier alpha value is -4.26. The van der Waals surface area contributed by atoms with Crippen LogP contribution in [0.25, 0.3) is 5.76 Å². The molecule has 3 aromatic carbocycles. The van der Waals surface area contributed by atoms with Gasteiger partial charge < -0.3 is 19.5 Å². The van der Waals surface area contributed by atoms with Gasteiger partial charge in [-0.3, -0.25) is 14.5 Å². The summed E-state index contributed by atoms with van der Waals surface area (Å²) >= 11 is 0. The summed E-state index contributed by atoms with van der Waals surface area (Å²) in [5.74, 6) is -0.622. The third-order valence-corrected chi connectivity index (χ3v) is 6.02. The van der Waals surface area contributed by atoms with Crippen LogP contribution in [0.5, 0.6) is 11.5 Å². The zero-order chi connectivity index (χ0) is 23.8. The van der Waals surface area contributed by atoms with E-state index in [2.05, 4.69) is 0 Å². The van der Waals surface area contributed by atoms with Crippen molar-refractivity contribution >= 4 is 28.8 Å². The Balaban J connectivity index is 1.67. The lowest BCUT2D eigenvalue weighted by atomic mass is 9.94. The molecule has 5 rings (SSSR count). The molecule has 1 fully saturated rings. The molecule has 3 aromatic rings. The first-order valence-electron chi connectivity index (χ1n) is 11.0. The van der Waals surface area contributed by atoms with Crippen molar-refractivity contribution in [3.05, 3.63) is 89.5 Å². The van der Waals surface area contributed by atoms with E-state index < -0.39 is 17.7 Å². The second-order valence-corrected chi connectivity index (χ2v) is 8.35. The first-order valence-corrected chi connectivity index (χ1v) is 11.0. The van der Waals surface area contributed by atoms with Gasteiger partial charge >= 0.3 is 0 Å². The maximum absolute atomic E-state index is 13.3. The Labute approximate surface area is 197 Å². The van der Waals surface area contributed by atoms with E-state index in [1.165, 1.54) is 4.90 Å². The highest BCUT2D eigenvalue weighted by molar-refractivity contribution is 6.51. The molecular weight excluding hydrogens is 432 g/mol. The SMILES string of the molecule is CN(C)c1ccc(C2/C(=C(/O)c3ccc4c(c3)OCCO4)C(=O)C(=O)N2c2ccccc2)cc1. The van der Waals surface area contributed by atoms with Crippen molar-refractivity contribution in [2.24, 2.45) is 0 Å². The van der Waals surface area contributed by atoms with E-state index in [0.717, 1.165) is 5.69 Å². The quantitative estimate of drug-likeness (QED) is 0.361. The summed E-state index contributed by atoms with van der Waals surface area (Å²) in [5, 5.41) is 11.3. The summed E-state index contributed by atoms with van der Waals surface area (Å²) in [6, 6.07) is 20.8. The van der Waals surface area contributed by atoms with E-state index in [1.54, 1.807) is 30.3 Å². The molecule has 2 aliphatic heterocycles. The summed E-state index contributed by atoms with van der Waals surface area (Å²) in [6.07, 6.45) is 0. The largest absolute Gasteiger partial charge is 0.507 e. The predicted molar refractivity (Wildman–Crippen MR) is 129 cm³/mol. The number of anilines is 2. The lowest BCUT2D eigenvalue weighted by molar-refractivity contribution is -0.132. The van der Waals surface area contributed by atoms with Crippen molar-refractivity contribution in [2.75, 3.05) is 37.1 Å². The second-order valence-electron chi connectivity index (χ2n) is 8.35. The van der Waals surface area contributed by atoms with Crippen LogP contribution in [0.4, 0.5) is 11.4 Å². The first-order chi connectivity index (χ1) is 16.5. The van der Waals surface area contributed by atoms with Gasteiger partial charge in [0.25, 0.3) is 11.7 Å². The highest BCUT2D eigenvalue weighted by Crippen LogP contribution is 2.43. The average molecular weight is 456 g/mol. The molecule has 7 heteroatoms. The summed E-state index contributed by atoms with van der Waals surface area (Å²) in [7, 11) is 3.87. The van der Waals surface area contributed by atoms with Crippen LogP contribution < -0.4 is 19.3 Å². The number of Topliss-reactive ketones (excluding diaryl/α,β-unsaturated/α-hetero) is 1. The van der Waals surface area contributed by atoms with Crippen LogP contribution in [0.15, 0.2) is 78.4 Å². The number of hydrogen-bond donors (Lipinski definition) is 1. The minimum atomic E-state index is -0.785. The number of aliphatic hydroxyl groups is 1. The number of fused-ring (bicyclic) bond motifs is 1. The molecule has 7 nitrogen and oxygen atoms in total. The molecular formula is C27H24N2O5. The summed E-state index contributed by atoms with van der Waals surface area (Å²) in [5.41, 5.74) is 2.68. The van der Waals surface area contributed by atoms with Crippen LogP contribution in [0.3, 0.4) is 0 Å². The van der Waals surface area contributed by atoms with Gasteiger partial charge in [-0.1, -0.05) is 30.3 Å². The normalized spacial score (nSPS) is 18.8. The van der Waals surface area contributed by atoms with Crippen LogP contribution in [-0.4, -0.2) is 44.1 Å². The zero-order valence-corrected chi connectivity index (χ0v) is 18.9. The average Bonchev–Trinajstić information content (AvgIpc) is 3.14. The predicted octanol–water partition coefficient (Wildman–Crippen LogP) is 4.15. The van der Waals surface area contributed by atoms with Gasteiger partial charge in [0, 0.05) is 31.0 Å². The first kappa shape index (κ1) is 21.6. The van der Waals surface area contributed by atoms with E-state index in [0.29, 0.717) is 41.5 Å². The van der Waals surface area contributed by atoms with Crippen molar-refractivity contribution < 1.29 is 24.2 Å². The molecule has 1 saturated heterocycles. The zero-order valence-electron chi connectivity index (χ0n) is 18.9. The van der Waals surface area contributed by atoms with E-state index in [4.69, 9.17) is 9.47 Å². The van der Waals surface area contributed by atoms with E-state index >= 15 is 0 Å². The topological polar surface area (TPSA) is 79.3 Å². The molecule has 0 bridgehead atoms. The number of hydrogen-bond acceptors (Lipinski definition) is 6. The number of aliphatic hydroxyl groups excluding tert-OH is 1. The Morgan fingerprint density at radius 1 is 0.912 bits per heavy atom. The molecule has 0 aromatic heterocycles. The Kier molecular flexibility index (Phi) is 5.45. The minimum Gasteiger partial charge on any atom is -0.507 e. The molecule has 2 heterocycles. The van der Waals surface area contributed by atoms with Gasteiger partial charge in [-0.25, -0.2) is 0 Å².